The minimum Gasteiger partial charge on any atom is -0.289 e. The van der Waals surface area contributed by atoms with Gasteiger partial charge in [-0.25, -0.2) is 0 Å². The van der Waals surface area contributed by atoms with Crippen LogP contribution in [0.1, 0.15) is 37.4 Å². The van der Waals surface area contributed by atoms with Gasteiger partial charge < -0.3 is 0 Å². The molecule has 0 aromatic heterocycles. The summed E-state index contributed by atoms with van der Waals surface area (Å²) in [4.78, 5) is 25.4. The Morgan fingerprint density at radius 3 is 2.00 bits per heavy atom. The van der Waals surface area contributed by atoms with Gasteiger partial charge in [-0.05, 0) is 6.07 Å². The molecule has 0 unspecified atom stereocenters. The molecule has 0 saturated heterocycles. The summed E-state index contributed by atoms with van der Waals surface area (Å²) in [6, 6.07) is 12.3. The van der Waals surface area contributed by atoms with Crippen LogP contribution in [0.5, 0.6) is 0 Å². The first-order chi connectivity index (χ1) is 10.4. The molecule has 0 heterocycles. The molecule has 0 fully saturated rings. The number of ketones is 2. The van der Waals surface area contributed by atoms with Crippen LogP contribution in [0.2, 0.25) is 19.6 Å². The van der Waals surface area contributed by atoms with E-state index in [0.717, 1.165) is 0 Å². The van der Waals surface area contributed by atoms with E-state index in [0.29, 0.717) is 27.8 Å². The topological polar surface area (TPSA) is 34.1 Å². The van der Waals surface area contributed by atoms with Crippen molar-refractivity contribution in [3.8, 4) is 11.5 Å². The molecule has 0 saturated carbocycles. The summed E-state index contributed by atoms with van der Waals surface area (Å²) in [5, 5.41) is 0. The van der Waals surface area contributed by atoms with Crippen molar-refractivity contribution in [3.05, 3.63) is 70.3 Å². The molecule has 0 N–H and O–H groups in total. The van der Waals surface area contributed by atoms with Crippen molar-refractivity contribution >= 4 is 19.6 Å². The fourth-order valence-electron chi connectivity index (χ4n) is 2.50. The van der Waals surface area contributed by atoms with Crippen LogP contribution < -0.4 is 0 Å². The summed E-state index contributed by atoms with van der Waals surface area (Å²) in [6.07, 6.45) is 0. The van der Waals surface area contributed by atoms with Gasteiger partial charge in [0.1, 0.15) is 8.07 Å². The number of hydrogen-bond donors (Lipinski definition) is 0. The highest BCUT2D eigenvalue weighted by Crippen LogP contribution is 2.29. The maximum atomic E-state index is 12.8. The van der Waals surface area contributed by atoms with Gasteiger partial charge in [-0.3, -0.25) is 9.59 Å². The number of hydrogen-bond acceptors (Lipinski definition) is 2. The zero-order chi connectivity index (χ0) is 15.9. The molecule has 108 valence electrons. The van der Waals surface area contributed by atoms with Gasteiger partial charge in [0.2, 0.25) is 0 Å². The lowest BCUT2D eigenvalue weighted by Crippen LogP contribution is -2.22. The van der Waals surface area contributed by atoms with E-state index in [4.69, 9.17) is 0 Å². The highest BCUT2D eigenvalue weighted by Gasteiger charge is 2.30. The smallest absolute Gasteiger partial charge is 0.195 e. The van der Waals surface area contributed by atoms with E-state index in [1.54, 1.807) is 36.4 Å². The minimum atomic E-state index is -1.55. The summed E-state index contributed by atoms with van der Waals surface area (Å²) in [6.45, 7) is 6.45. The predicted molar refractivity (Wildman–Crippen MR) is 90.0 cm³/mol. The standard InChI is InChI=1S/C19H16O2Si/c1-22(2,3)12-11-13-7-6-10-16-17(13)19(21)15-9-5-4-8-14(15)18(16)20/h4-10H,1-3H3. The summed E-state index contributed by atoms with van der Waals surface area (Å²) in [7, 11) is -1.55. The Morgan fingerprint density at radius 1 is 0.773 bits per heavy atom. The summed E-state index contributed by atoms with van der Waals surface area (Å²) in [5.41, 5.74) is 5.81. The lowest BCUT2D eigenvalue weighted by Gasteiger charge is -2.18. The van der Waals surface area contributed by atoms with Gasteiger partial charge in [0.15, 0.2) is 11.6 Å². The van der Waals surface area contributed by atoms with E-state index in [-0.39, 0.29) is 11.6 Å². The SMILES string of the molecule is C[Si](C)(C)C#Cc1cccc2c1C(=O)c1ccccc1C2=O. The molecule has 0 aliphatic heterocycles. The van der Waals surface area contributed by atoms with Crippen molar-refractivity contribution in [3.63, 3.8) is 0 Å². The Kier molecular flexibility index (Phi) is 3.35. The molecule has 2 nitrogen and oxygen atoms in total. The molecule has 22 heavy (non-hydrogen) atoms. The molecule has 2 aromatic carbocycles. The number of fused-ring (bicyclic) bond motifs is 2. The lowest BCUT2D eigenvalue weighted by atomic mass is 9.82. The second-order valence-electron chi connectivity index (χ2n) is 6.43. The Morgan fingerprint density at radius 2 is 1.36 bits per heavy atom. The lowest BCUT2D eigenvalue weighted by molar-refractivity contribution is 0.0979. The average Bonchev–Trinajstić information content (AvgIpc) is 2.49. The first kappa shape index (κ1) is 14.5. The van der Waals surface area contributed by atoms with Gasteiger partial charge in [0.25, 0.3) is 0 Å². The number of carbonyl (C=O) groups excluding carboxylic acids is 2. The van der Waals surface area contributed by atoms with Crippen LogP contribution in [0, 0.1) is 11.5 Å². The van der Waals surface area contributed by atoms with Crippen LogP contribution >= 0.6 is 0 Å². The average molecular weight is 304 g/mol. The van der Waals surface area contributed by atoms with Crippen LogP contribution in [0.3, 0.4) is 0 Å². The maximum absolute atomic E-state index is 12.8. The highest BCUT2D eigenvalue weighted by molar-refractivity contribution is 6.83. The Hall–Kier alpha value is -2.44. The Balaban J connectivity index is 2.23. The number of benzene rings is 2. The van der Waals surface area contributed by atoms with E-state index >= 15 is 0 Å². The molecule has 3 rings (SSSR count). The third kappa shape index (κ3) is 2.42. The van der Waals surface area contributed by atoms with Crippen molar-refractivity contribution < 1.29 is 9.59 Å². The minimum absolute atomic E-state index is 0.0955. The second-order valence-corrected chi connectivity index (χ2v) is 11.2. The van der Waals surface area contributed by atoms with Crippen LogP contribution in [0.4, 0.5) is 0 Å². The maximum Gasteiger partial charge on any atom is 0.195 e. The van der Waals surface area contributed by atoms with Crippen molar-refractivity contribution in [2.45, 2.75) is 19.6 Å². The first-order valence-corrected chi connectivity index (χ1v) is 10.7. The number of rotatable bonds is 0. The summed E-state index contributed by atoms with van der Waals surface area (Å²) in [5.74, 6) is 2.93. The molecular weight excluding hydrogens is 288 g/mol. The third-order valence-electron chi connectivity index (χ3n) is 3.52. The van der Waals surface area contributed by atoms with Crippen molar-refractivity contribution in [2.75, 3.05) is 0 Å². The molecule has 0 radical (unpaired) electrons. The molecule has 0 amide bonds. The van der Waals surface area contributed by atoms with Crippen molar-refractivity contribution in [1.29, 1.82) is 0 Å². The second kappa shape index (κ2) is 5.08. The van der Waals surface area contributed by atoms with E-state index in [2.05, 4.69) is 31.1 Å². The van der Waals surface area contributed by atoms with E-state index < -0.39 is 8.07 Å². The van der Waals surface area contributed by atoms with E-state index in [1.807, 2.05) is 6.07 Å². The fourth-order valence-corrected chi connectivity index (χ4v) is 3.01. The predicted octanol–water partition coefficient (Wildman–Crippen LogP) is 3.69. The zero-order valence-corrected chi connectivity index (χ0v) is 13.9. The summed E-state index contributed by atoms with van der Waals surface area (Å²) >= 11 is 0. The van der Waals surface area contributed by atoms with Gasteiger partial charge in [-0.1, -0.05) is 62.0 Å². The van der Waals surface area contributed by atoms with Gasteiger partial charge in [0.05, 0.1) is 0 Å². The van der Waals surface area contributed by atoms with Crippen LogP contribution in [-0.2, 0) is 0 Å². The van der Waals surface area contributed by atoms with Crippen LogP contribution in [0.15, 0.2) is 42.5 Å². The first-order valence-electron chi connectivity index (χ1n) is 7.23. The molecule has 0 atom stereocenters. The number of carbonyl (C=O) groups is 2. The van der Waals surface area contributed by atoms with Crippen molar-refractivity contribution in [1.82, 2.24) is 0 Å². The van der Waals surface area contributed by atoms with Crippen molar-refractivity contribution in [2.24, 2.45) is 0 Å². The molecule has 1 aliphatic rings. The molecular formula is C19H16O2Si. The van der Waals surface area contributed by atoms with Gasteiger partial charge in [-0.15, -0.1) is 5.54 Å². The van der Waals surface area contributed by atoms with Crippen LogP contribution in [0.25, 0.3) is 0 Å². The fraction of sp³-hybridized carbons (Fsp3) is 0.158. The van der Waals surface area contributed by atoms with Gasteiger partial charge in [0, 0.05) is 27.8 Å². The third-order valence-corrected chi connectivity index (χ3v) is 4.40. The zero-order valence-electron chi connectivity index (χ0n) is 12.9. The quantitative estimate of drug-likeness (QED) is 0.469. The van der Waals surface area contributed by atoms with Gasteiger partial charge in [-0.2, -0.15) is 0 Å². The Labute approximate surface area is 131 Å². The molecule has 0 bridgehead atoms. The van der Waals surface area contributed by atoms with E-state index in [1.165, 1.54) is 0 Å². The Bertz CT molecular complexity index is 861. The van der Waals surface area contributed by atoms with Crippen LogP contribution in [-0.4, -0.2) is 19.6 Å². The molecule has 2 aromatic rings. The molecule has 1 aliphatic carbocycles. The molecule has 0 spiro atoms. The monoisotopic (exact) mass is 304 g/mol. The largest absolute Gasteiger partial charge is 0.289 e. The van der Waals surface area contributed by atoms with E-state index in [9.17, 15) is 9.59 Å². The molecule has 3 heteroatoms. The normalized spacial score (nSPS) is 13.0. The summed E-state index contributed by atoms with van der Waals surface area (Å²) < 4.78 is 0. The highest BCUT2D eigenvalue weighted by atomic mass is 28.3. The van der Waals surface area contributed by atoms with Gasteiger partial charge >= 0.3 is 0 Å².